The minimum Gasteiger partial charge on any atom is -0.411 e. The molecule has 0 bridgehead atoms. The van der Waals surface area contributed by atoms with Crippen LogP contribution in [0.5, 0.6) is 0 Å². The lowest BCUT2D eigenvalue weighted by atomic mass is 9.47. The Labute approximate surface area is 318 Å². The molecule has 0 unspecified atom stereocenters. The Morgan fingerprint density at radius 2 is 0.481 bits per heavy atom. The first-order valence-corrected chi connectivity index (χ1v) is 21.0. The van der Waals surface area contributed by atoms with Crippen LogP contribution in [0.15, 0.2) is 121 Å². The summed E-state index contributed by atoms with van der Waals surface area (Å²) in [7, 11) is 0. The lowest BCUT2D eigenvalue weighted by Crippen LogP contribution is -2.51. The highest BCUT2D eigenvalue weighted by atomic mass is 32.1. The first kappa shape index (κ1) is 28.7. The van der Waals surface area contributed by atoms with Crippen molar-refractivity contribution < 1.29 is 0 Å². The van der Waals surface area contributed by atoms with Gasteiger partial charge in [0.1, 0.15) is 0 Å². The SMILES string of the molecule is c1ccc(B2Nc3sc4c5c3-c3c2sc2c3-c3c(sc6c3-c3c(sc(c3-5)NB4c3ccccc3)B(c3ccccc3)N6)B(c3ccccc3)N2)cc1. The third kappa shape index (κ3) is 3.65. The highest BCUT2D eigenvalue weighted by Gasteiger charge is 2.51. The maximum atomic E-state index is 4.15. The average Bonchev–Trinajstić information content (AvgIpc) is 3.96. The fourth-order valence-corrected chi connectivity index (χ4v) is 14.6. The van der Waals surface area contributed by atoms with Crippen LogP contribution in [0.3, 0.4) is 0 Å². The summed E-state index contributed by atoms with van der Waals surface area (Å²) in [6, 6.07) is 44.2. The molecule has 8 aromatic rings. The van der Waals surface area contributed by atoms with Gasteiger partial charge in [0.25, 0.3) is 0 Å². The van der Waals surface area contributed by atoms with Gasteiger partial charge in [0.05, 0.1) is 20.0 Å². The Bertz CT molecular complexity index is 2370. The molecule has 4 aromatic heterocycles. The van der Waals surface area contributed by atoms with Crippen LogP contribution >= 0.6 is 45.3 Å². The molecule has 0 radical (unpaired) electrons. The van der Waals surface area contributed by atoms with Gasteiger partial charge in [-0.25, -0.2) is 0 Å². The van der Waals surface area contributed by atoms with E-state index >= 15 is 0 Å². The third-order valence-electron chi connectivity index (χ3n) is 11.4. The van der Waals surface area contributed by atoms with Gasteiger partial charge in [-0.1, -0.05) is 143 Å². The van der Waals surface area contributed by atoms with Gasteiger partial charge in [0, 0.05) is 63.6 Å². The van der Waals surface area contributed by atoms with E-state index in [0.717, 1.165) is 0 Å². The van der Waals surface area contributed by atoms with E-state index in [-0.39, 0.29) is 27.4 Å². The van der Waals surface area contributed by atoms with Crippen LogP contribution in [0.2, 0.25) is 0 Å². The van der Waals surface area contributed by atoms with Crippen molar-refractivity contribution in [3.05, 3.63) is 121 Å². The van der Waals surface area contributed by atoms with E-state index in [1.807, 2.05) is 45.3 Å². The highest BCUT2D eigenvalue weighted by Crippen LogP contribution is 2.62. The Morgan fingerprint density at radius 1 is 0.269 bits per heavy atom. The maximum absolute atomic E-state index is 4.15. The van der Waals surface area contributed by atoms with E-state index in [4.69, 9.17) is 0 Å². The molecule has 0 saturated carbocycles. The normalized spacial score (nSPS) is 14.6. The third-order valence-corrected chi connectivity index (χ3v) is 16.2. The summed E-state index contributed by atoms with van der Waals surface area (Å²) < 4.78 is 5.60. The zero-order valence-electron chi connectivity index (χ0n) is 27.5. The van der Waals surface area contributed by atoms with Gasteiger partial charge in [-0.15, -0.1) is 45.3 Å². The molecule has 4 aliphatic heterocycles. The average molecular weight is 732 g/mol. The van der Waals surface area contributed by atoms with Crippen molar-refractivity contribution in [1.82, 2.24) is 0 Å². The summed E-state index contributed by atoms with van der Waals surface area (Å²) in [4.78, 5) is 0. The minimum atomic E-state index is 0.0643. The van der Waals surface area contributed by atoms with Crippen LogP contribution in [0.25, 0.3) is 44.5 Å². The summed E-state index contributed by atoms with van der Waals surface area (Å²) in [5.41, 5.74) is 16.4. The fraction of sp³-hybridized carbons (Fsp3) is 0. The number of nitrogens with one attached hydrogen (secondary N) is 4. The van der Waals surface area contributed by atoms with Crippen LogP contribution in [0.4, 0.5) is 20.0 Å². The quantitative estimate of drug-likeness (QED) is 0.192. The molecule has 5 aliphatic rings. The molecular weight excluding hydrogens is 708 g/mol. The standard InChI is InChI=1S/C40H24B4N4S4/c1-5-13-21(14-6-1)41-33-25-29-26-31-28-32-27-30(25)38(49-33)46-43(23-17-9-3-10-18-23)35(27)51-40(32)48-44(24-19-11-4-12-20-24)36(28)52-39(31)47-42(22-15-7-2-8-16-22)34(26)50-37(29)45-41/h1-20,45-48H. The Morgan fingerprint density at radius 3 is 0.692 bits per heavy atom. The number of hydrogen-bond acceptors (Lipinski definition) is 8. The zero-order valence-corrected chi connectivity index (χ0v) is 30.8. The van der Waals surface area contributed by atoms with Gasteiger partial charge < -0.3 is 20.9 Å². The van der Waals surface area contributed by atoms with E-state index in [9.17, 15) is 0 Å². The molecule has 0 saturated heterocycles. The van der Waals surface area contributed by atoms with Gasteiger partial charge in [-0.3, -0.25) is 0 Å². The smallest absolute Gasteiger partial charge is 0.332 e. The van der Waals surface area contributed by atoms with Crippen LogP contribution < -0.4 is 61.9 Å². The van der Waals surface area contributed by atoms with Crippen molar-refractivity contribution in [3.8, 4) is 44.5 Å². The van der Waals surface area contributed by atoms with Crippen molar-refractivity contribution in [2.45, 2.75) is 0 Å². The fourth-order valence-electron chi connectivity index (χ4n) is 9.27. The molecule has 0 atom stereocenters. The molecular formula is C40H24B4N4S4. The van der Waals surface area contributed by atoms with Crippen LogP contribution in [0, 0.1) is 0 Å². The lowest BCUT2D eigenvalue weighted by molar-refractivity contribution is 1.62. The molecule has 1 aliphatic carbocycles. The summed E-state index contributed by atoms with van der Waals surface area (Å²) >= 11 is 7.81. The number of anilines is 4. The molecule has 4 aromatic carbocycles. The molecule has 52 heavy (non-hydrogen) atoms. The van der Waals surface area contributed by atoms with Crippen LogP contribution in [0.1, 0.15) is 0 Å². The van der Waals surface area contributed by atoms with Crippen molar-refractivity contribution in [3.63, 3.8) is 0 Å². The number of hydrogen-bond donors (Lipinski definition) is 4. The number of rotatable bonds is 4. The largest absolute Gasteiger partial charge is 0.411 e. The van der Waals surface area contributed by atoms with E-state index in [1.54, 1.807) is 0 Å². The van der Waals surface area contributed by atoms with Crippen molar-refractivity contribution in [1.29, 1.82) is 0 Å². The molecule has 0 amide bonds. The van der Waals surface area contributed by atoms with E-state index < -0.39 is 0 Å². The Hall–Kier alpha value is -4.86. The van der Waals surface area contributed by atoms with Gasteiger partial charge >= 0.3 is 27.4 Å². The number of thiophene rings is 4. The summed E-state index contributed by atoms with van der Waals surface area (Å²) in [6.45, 7) is 0.257. The molecule has 4 nitrogen and oxygen atoms in total. The molecule has 0 fully saturated rings. The second-order valence-corrected chi connectivity index (χ2v) is 18.3. The second-order valence-electron chi connectivity index (χ2n) is 14.1. The topological polar surface area (TPSA) is 48.1 Å². The highest BCUT2D eigenvalue weighted by molar-refractivity contribution is 7.38. The molecule has 8 heterocycles. The second kappa shape index (κ2) is 10.4. The van der Waals surface area contributed by atoms with Crippen molar-refractivity contribution in [2.75, 3.05) is 20.9 Å². The Balaban J connectivity index is 1.18. The van der Waals surface area contributed by atoms with Crippen molar-refractivity contribution >= 4 is 134 Å². The monoisotopic (exact) mass is 732 g/mol. The summed E-state index contributed by atoms with van der Waals surface area (Å²) in [5.74, 6) is 0. The minimum absolute atomic E-state index is 0.0643. The predicted octanol–water partition coefficient (Wildman–Crippen LogP) is 5.04. The van der Waals surface area contributed by atoms with Gasteiger partial charge in [0.15, 0.2) is 0 Å². The molecule has 13 rings (SSSR count). The first-order valence-electron chi connectivity index (χ1n) is 17.7. The Kier molecular flexibility index (Phi) is 5.73. The predicted molar refractivity (Wildman–Crippen MR) is 234 cm³/mol. The van der Waals surface area contributed by atoms with Crippen LogP contribution in [-0.2, 0) is 0 Å². The first-order chi connectivity index (χ1) is 25.8. The van der Waals surface area contributed by atoms with E-state index in [0.29, 0.717) is 0 Å². The maximum Gasteiger partial charge on any atom is 0.332 e. The molecule has 12 heteroatoms. The van der Waals surface area contributed by atoms with E-state index in [2.05, 4.69) is 142 Å². The number of benzene rings is 4. The summed E-state index contributed by atoms with van der Waals surface area (Å²) in [6.07, 6.45) is 0. The van der Waals surface area contributed by atoms with Gasteiger partial charge in [0.2, 0.25) is 0 Å². The molecule has 240 valence electrons. The molecule has 0 spiro atoms. The van der Waals surface area contributed by atoms with Crippen LogP contribution in [-0.4, -0.2) is 27.4 Å². The lowest BCUT2D eigenvalue weighted by Gasteiger charge is -2.31. The molecule has 4 N–H and O–H groups in total. The zero-order chi connectivity index (χ0) is 33.7. The van der Waals surface area contributed by atoms with Crippen molar-refractivity contribution in [2.24, 2.45) is 0 Å². The van der Waals surface area contributed by atoms with Gasteiger partial charge in [-0.05, 0) is 0 Å². The van der Waals surface area contributed by atoms with Gasteiger partial charge in [-0.2, -0.15) is 0 Å². The summed E-state index contributed by atoms with van der Waals surface area (Å²) in [5, 5.41) is 21.7. The van der Waals surface area contributed by atoms with E-state index in [1.165, 1.54) is 105 Å².